The van der Waals surface area contributed by atoms with Crippen molar-refractivity contribution in [3.8, 4) is 0 Å². The van der Waals surface area contributed by atoms with E-state index in [1.54, 1.807) is 0 Å². The van der Waals surface area contributed by atoms with Crippen LogP contribution in [0, 0.1) is 0 Å². The lowest BCUT2D eigenvalue weighted by Gasteiger charge is -2.06. The Hall–Kier alpha value is -1.88. The summed E-state index contributed by atoms with van der Waals surface area (Å²) in [7, 11) is 0. The second-order valence-electron chi connectivity index (χ2n) is 3.83. The minimum absolute atomic E-state index is 0.174. The molecule has 0 saturated carbocycles. The highest BCUT2D eigenvalue weighted by Gasteiger charge is 2.08. The van der Waals surface area contributed by atoms with E-state index in [0.29, 0.717) is 6.54 Å². The largest absolute Gasteiger partial charge is 0.369 e. The van der Waals surface area contributed by atoms with Gasteiger partial charge in [-0.1, -0.05) is 12.1 Å². The Labute approximate surface area is 99.6 Å². The maximum atomic E-state index is 10.6. The zero-order valence-corrected chi connectivity index (χ0v) is 9.81. The van der Waals surface area contributed by atoms with Crippen molar-refractivity contribution in [2.24, 2.45) is 5.73 Å². The van der Waals surface area contributed by atoms with Crippen LogP contribution in [0.15, 0.2) is 24.3 Å². The lowest BCUT2D eigenvalue weighted by molar-refractivity contribution is -0.117. The van der Waals surface area contributed by atoms with Crippen LogP contribution in [-0.2, 0) is 17.9 Å². The van der Waals surface area contributed by atoms with Gasteiger partial charge in [-0.15, -0.1) is 0 Å². The van der Waals surface area contributed by atoms with Crippen molar-refractivity contribution in [2.75, 3.05) is 6.54 Å². The molecule has 90 valence electrons. The van der Waals surface area contributed by atoms with Crippen LogP contribution in [0.3, 0.4) is 0 Å². The number of para-hydroxylation sites is 2. The number of carbonyl (C=O) groups excluding carboxylic acids is 1. The number of carbonyl (C=O) groups is 1. The van der Waals surface area contributed by atoms with Gasteiger partial charge in [-0.2, -0.15) is 0 Å². The molecule has 0 atom stereocenters. The van der Waals surface area contributed by atoms with Crippen molar-refractivity contribution in [1.29, 1.82) is 0 Å². The zero-order chi connectivity index (χ0) is 12.3. The predicted molar refractivity (Wildman–Crippen MR) is 66.3 cm³/mol. The molecular formula is C12H16N4O. The summed E-state index contributed by atoms with van der Waals surface area (Å²) in [5.74, 6) is 0.569. The molecule has 0 radical (unpaired) electrons. The molecule has 1 heterocycles. The number of hydrogen-bond donors (Lipinski definition) is 2. The number of benzene rings is 1. The topological polar surface area (TPSA) is 72.9 Å². The van der Waals surface area contributed by atoms with Crippen LogP contribution in [-0.4, -0.2) is 22.0 Å². The fourth-order valence-corrected chi connectivity index (χ4v) is 1.91. The molecule has 1 aromatic heterocycles. The van der Waals surface area contributed by atoms with Crippen LogP contribution >= 0.6 is 0 Å². The number of aromatic nitrogens is 2. The van der Waals surface area contributed by atoms with Gasteiger partial charge >= 0.3 is 0 Å². The first-order valence-electron chi connectivity index (χ1n) is 5.65. The van der Waals surface area contributed by atoms with Crippen molar-refractivity contribution in [3.05, 3.63) is 30.1 Å². The van der Waals surface area contributed by atoms with E-state index in [1.807, 2.05) is 24.3 Å². The smallest absolute Gasteiger partial charge is 0.231 e. The Morgan fingerprint density at radius 3 is 2.94 bits per heavy atom. The van der Waals surface area contributed by atoms with Gasteiger partial charge < -0.3 is 15.6 Å². The molecule has 2 aromatic rings. The molecular weight excluding hydrogens is 216 g/mol. The maximum absolute atomic E-state index is 10.6. The summed E-state index contributed by atoms with van der Waals surface area (Å²) < 4.78 is 2.13. The number of nitrogens with one attached hydrogen (secondary N) is 1. The number of amides is 1. The molecule has 0 bridgehead atoms. The van der Waals surface area contributed by atoms with E-state index in [-0.39, 0.29) is 12.5 Å². The molecule has 2 rings (SSSR count). The standard InChI is InChI=1S/C12H16N4O/c1-2-16-10-6-4-3-5-9(10)15-12(16)8-14-7-11(13)17/h3-6,14H,2,7-8H2,1H3,(H2,13,17). The van der Waals surface area contributed by atoms with Gasteiger partial charge in [-0.25, -0.2) is 4.98 Å². The lowest BCUT2D eigenvalue weighted by Crippen LogP contribution is -2.29. The van der Waals surface area contributed by atoms with Gasteiger partial charge in [-0.3, -0.25) is 4.79 Å². The van der Waals surface area contributed by atoms with Crippen molar-refractivity contribution in [1.82, 2.24) is 14.9 Å². The fraction of sp³-hybridized carbons (Fsp3) is 0.333. The molecule has 5 nitrogen and oxygen atoms in total. The summed E-state index contributed by atoms with van der Waals surface area (Å²) in [5, 5.41) is 2.98. The fourth-order valence-electron chi connectivity index (χ4n) is 1.91. The number of primary amides is 1. The van der Waals surface area contributed by atoms with Crippen LogP contribution in [0.2, 0.25) is 0 Å². The molecule has 0 aliphatic heterocycles. The Morgan fingerprint density at radius 2 is 2.24 bits per heavy atom. The van der Waals surface area contributed by atoms with Gasteiger partial charge in [-0.05, 0) is 19.1 Å². The molecule has 3 N–H and O–H groups in total. The van der Waals surface area contributed by atoms with Crippen LogP contribution in [0.4, 0.5) is 0 Å². The molecule has 1 aromatic carbocycles. The summed E-state index contributed by atoms with van der Waals surface area (Å²) in [4.78, 5) is 15.2. The third kappa shape index (κ3) is 2.45. The zero-order valence-electron chi connectivity index (χ0n) is 9.81. The van der Waals surface area contributed by atoms with Crippen LogP contribution in [0.25, 0.3) is 11.0 Å². The van der Waals surface area contributed by atoms with Gasteiger partial charge in [0.1, 0.15) is 5.82 Å². The van der Waals surface area contributed by atoms with Gasteiger partial charge in [0.15, 0.2) is 0 Å². The first kappa shape index (κ1) is 11.6. The first-order chi connectivity index (χ1) is 8.22. The van der Waals surface area contributed by atoms with E-state index in [4.69, 9.17) is 5.73 Å². The van der Waals surface area contributed by atoms with Crippen LogP contribution in [0.1, 0.15) is 12.7 Å². The summed E-state index contributed by atoms with van der Waals surface area (Å²) in [5.41, 5.74) is 7.17. The monoisotopic (exact) mass is 232 g/mol. The number of fused-ring (bicyclic) bond motifs is 1. The molecule has 0 aliphatic carbocycles. The van der Waals surface area contributed by atoms with Crippen molar-refractivity contribution >= 4 is 16.9 Å². The highest BCUT2D eigenvalue weighted by molar-refractivity contribution is 5.76. The molecule has 1 amide bonds. The Bertz CT molecular complexity index is 532. The number of hydrogen-bond acceptors (Lipinski definition) is 3. The number of rotatable bonds is 5. The van der Waals surface area contributed by atoms with E-state index >= 15 is 0 Å². The third-order valence-electron chi connectivity index (χ3n) is 2.63. The van der Waals surface area contributed by atoms with Gasteiger partial charge in [0.25, 0.3) is 0 Å². The molecule has 0 spiro atoms. The quantitative estimate of drug-likeness (QED) is 0.794. The molecule has 5 heteroatoms. The highest BCUT2D eigenvalue weighted by atomic mass is 16.1. The number of nitrogens with zero attached hydrogens (tertiary/aromatic N) is 2. The number of imidazole rings is 1. The van der Waals surface area contributed by atoms with Crippen LogP contribution in [0.5, 0.6) is 0 Å². The second kappa shape index (κ2) is 4.97. The third-order valence-corrected chi connectivity index (χ3v) is 2.63. The van der Waals surface area contributed by atoms with Crippen molar-refractivity contribution in [2.45, 2.75) is 20.0 Å². The maximum Gasteiger partial charge on any atom is 0.231 e. The summed E-state index contributed by atoms with van der Waals surface area (Å²) in [6.45, 7) is 3.65. The molecule has 17 heavy (non-hydrogen) atoms. The minimum Gasteiger partial charge on any atom is -0.369 e. The normalized spacial score (nSPS) is 10.9. The summed E-state index contributed by atoms with van der Waals surface area (Å²) in [6.07, 6.45) is 0. The summed E-state index contributed by atoms with van der Waals surface area (Å²) in [6, 6.07) is 8.00. The number of aryl methyl sites for hydroxylation is 1. The molecule has 0 saturated heterocycles. The van der Waals surface area contributed by atoms with Crippen LogP contribution < -0.4 is 11.1 Å². The number of nitrogens with two attached hydrogens (primary N) is 1. The van der Waals surface area contributed by atoms with Crippen molar-refractivity contribution < 1.29 is 4.79 Å². The van der Waals surface area contributed by atoms with Gasteiger partial charge in [0.05, 0.1) is 24.1 Å². The molecule has 0 fully saturated rings. The Balaban J connectivity index is 2.24. The predicted octanol–water partition coefficient (Wildman–Crippen LogP) is 0.631. The van der Waals surface area contributed by atoms with E-state index < -0.39 is 0 Å². The molecule has 0 unspecified atom stereocenters. The van der Waals surface area contributed by atoms with E-state index in [9.17, 15) is 4.79 Å². The van der Waals surface area contributed by atoms with E-state index in [1.165, 1.54) is 0 Å². The first-order valence-corrected chi connectivity index (χ1v) is 5.65. The highest BCUT2D eigenvalue weighted by Crippen LogP contribution is 2.15. The second-order valence-corrected chi connectivity index (χ2v) is 3.83. The summed E-state index contributed by atoms with van der Waals surface area (Å²) >= 11 is 0. The Kier molecular flexibility index (Phi) is 3.39. The Morgan fingerprint density at radius 1 is 1.47 bits per heavy atom. The van der Waals surface area contributed by atoms with Crippen molar-refractivity contribution in [3.63, 3.8) is 0 Å². The minimum atomic E-state index is -0.357. The van der Waals surface area contributed by atoms with Gasteiger partial charge in [0.2, 0.25) is 5.91 Å². The SMILES string of the molecule is CCn1c(CNCC(N)=O)nc2ccccc21. The van der Waals surface area contributed by atoms with E-state index in [0.717, 1.165) is 23.4 Å². The molecule has 0 aliphatic rings. The van der Waals surface area contributed by atoms with Gasteiger partial charge in [0, 0.05) is 6.54 Å². The lowest BCUT2D eigenvalue weighted by atomic mass is 10.3. The van der Waals surface area contributed by atoms with E-state index in [2.05, 4.69) is 21.8 Å². The average molecular weight is 232 g/mol. The average Bonchev–Trinajstić information content (AvgIpc) is 2.66.